The fourth-order valence-corrected chi connectivity index (χ4v) is 9.04. The number of rotatable bonds is 9. The van der Waals surface area contributed by atoms with Gasteiger partial charge in [0.25, 0.3) is 11.8 Å². The van der Waals surface area contributed by atoms with E-state index in [1.165, 1.54) is 16.2 Å². The standard InChI is InChI=1S/C33H43N7O5S/c1-19(22-10-8-14-40(22)4)44-31-26(41-5)30(43-18-32(39(2)3)16-42-17-32)36-29(37-31)25-20-9-6-12-33(27(20)45-38-25)13-7-11-23-24(33)21(15-34)28(35)46-23/h19,22H,6-14,16-18,35H2,1-5H3/t19-,22-,33-/m0/s1. The first kappa shape index (κ1) is 31.2. The van der Waals surface area contributed by atoms with Crippen LogP contribution in [0.3, 0.4) is 0 Å². The molecule has 13 heteroatoms. The molecule has 2 aliphatic heterocycles. The number of hydrogen-bond acceptors (Lipinski definition) is 13. The van der Waals surface area contributed by atoms with Crippen LogP contribution in [0.5, 0.6) is 17.5 Å². The molecule has 0 amide bonds. The first-order chi connectivity index (χ1) is 22.2. The van der Waals surface area contributed by atoms with E-state index in [1.54, 1.807) is 7.11 Å². The lowest BCUT2D eigenvalue weighted by atomic mass is 9.63. The van der Waals surface area contributed by atoms with Crippen LogP contribution in [0.1, 0.15) is 72.8 Å². The Kier molecular flexibility index (Phi) is 8.12. The lowest BCUT2D eigenvalue weighted by molar-refractivity contribution is -0.141. The summed E-state index contributed by atoms with van der Waals surface area (Å²) in [5.74, 6) is 2.13. The molecule has 3 aromatic heterocycles. The van der Waals surface area contributed by atoms with Crippen molar-refractivity contribution in [3.63, 3.8) is 0 Å². The monoisotopic (exact) mass is 649 g/mol. The molecule has 4 aliphatic rings. The maximum atomic E-state index is 10.1. The van der Waals surface area contributed by atoms with Crippen LogP contribution in [-0.4, -0.2) is 97.2 Å². The van der Waals surface area contributed by atoms with Crippen LogP contribution in [0.2, 0.25) is 0 Å². The first-order valence-electron chi connectivity index (χ1n) is 16.2. The van der Waals surface area contributed by atoms with E-state index < -0.39 is 5.41 Å². The lowest BCUT2D eigenvalue weighted by Crippen LogP contribution is -2.63. The predicted molar refractivity (Wildman–Crippen MR) is 173 cm³/mol. The molecule has 0 radical (unpaired) electrons. The minimum Gasteiger partial charge on any atom is -0.487 e. The van der Waals surface area contributed by atoms with Crippen molar-refractivity contribution in [3.05, 3.63) is 27.3 Å². The van der Waals surface area contributed by atoms with Gasteiger partial charge in [-0.15, -0.1) is 11.3 Å². The molecule has 1 spiro atoms. The Hall–Kier alpha value is -3.44. The molecule has 2 saturated heterocycles. The minimum absolute atomic E-state index is 0.145. The van der Waals surface area contributed by atoms with Crippen molar-refractivity contribution in [2.45, 2.75) is 81.4 Å². The highest BCUT2D eigenvalue weighted by molar-refractivity contribution is 7.16. The lowest BCUT2D eigenvalue weighted by Gasteiger charge is -2.45. The number of nitrogens with zero attached hydrogens (tertiary/aromatic N) is 6. The normalized spacial score (nSPS) is 24.2. The highest BCUT2D eigenvalue weighted by Crippen LogP contribution is 2.55. The molecule has 0 bridgehead atoms. The van der Waals surface area contributed by atoms with Gasteiger partial charge in [-0.1, -0.05) is 5.16 Å². The third-order valence-corrected chi connectivity index (χ3v) is 11.7. The highest BCUT2D eigenvalue weighted by Gasteiger charge is 2.49. The Bertz CT molecular complexity index is 1660. The molecule has 0 unspecified atom stereocenters. The van der Waals surface area contributed by atoms with Gasteiger partial charge in [0.2, 0.25) is 5.75 Å². The van der Waals surface area contributed by atoms with E-state index >= 15 is 0 Å². The van der Waals surface area contributed by atoms with Gasteiger partial charge in [-0.05, 0) is 91.5 Å². The molecule has 246 valence electrons. The second kappa shape index (κ2) is 12.0. The quantitative estimate of drug-likeness (QED) is 0.355. The summed E-state index contributed by atoms with van der Waals surface area (Å²) in [5.41, 5.74) is 8.80. The Morgan fingerprint density at radius 2 is 1.93 bits per heavy atom. The topological polar surface area (TPSA) is 145 Å². The van der Waals surface area contributed by atoms with E-state index in [4.69, 9.17) is 39.2 Å². The van der Waals surface area contributed by atoms with Gasteiger partial charge in [0.15, 0.2) is 17.3 Å². The number of thiophene rings is 1. The number of methoxy groups -OCH3 is 1. The van der Waals surface area contributed by atoms with E-state index in [-0.39, 0.29) is 17.7 Å². The smallest absolute Gasteiger partial charge is 0.265 e. The van der Waals surface area contributed by atoms with Crippen LogP contribution in [0, 0.1) is 11.3 Å². The molecule has 5 heterocycles. The fraction of sp³-hybridized carbons (Fsp3) is 0.636. The Labute approximate surface area is 273 Å². The van der Waals surface area contributed by atoms with Crippen molar-refractivity contribution in [1.29, 1.82) is 5.26 Å². The third-order valence-electron chi connectivity index (χ3n) is 10.7. The van der Waals surface area contributed by atoms with E-state index in [1.807, 2.05) is 14.1 Å². The summed E-state index contributed by atoms with van der Waals surface area (Å²) >= 11 is 1.53. The SMILES string of the molecule is COc1c(OCC2(N(C)C)COC2)nc(-c2noc3c2CCC[C@@]32CCCc3sc(N)c(C#N)c32)nc1O[C@@H](C)[C@@H]1CCCN1C. The Balaban J connectivity index is 1.32. The number of ether oxygens (including phenoxy) is 4. The molecular weight excluding hydrogens is 606 g/mol. The largest absolute Gasteiger partial charge is 0.487 e. The molecule has 3 atom stereocenters. The summed E-state index contributed by atoms with van der Waals surface area (Å²) in [5, 5.41) is 15.3. The van der Waals surface area contributed by atoms with Crippen molar-refractivity contribution >= 4 is 16.3 Å². The van der Waals surface area contributed by atoms with Gasteiger partial charge in [-0.25, -0.2) is 0 Å². The van der Waals surface area contributed by atoms with Gasteiger partial charge in [0.1, 0.15) is 29.3 Å². The summed E-state index contributed by atoms with van der Waals surface area (Å²) in [7, 11) is 7.76. The minimum atomic E-state index is -0.444. The summed E-state index contributed by atoms with van der Waals surface area (Å²) < 4.78 is 30.7. The Morgan fingerprint density at radius 3 is 2.59 bits per heavy atom. The van der Waals surface area contributed by atoms with Crippen LogP contribution in [-0.2, 0) is 23.0 Å². The molecule has 3 aromatic rings. The van der Waals surface area contributed by atoms with E-state index in [2.05, 4.69) is 35.0 Å². The number of nitrogens with two attached hydrogens (primary N) is 1. The van der Waals surface area contributed by atoms with Crippen molar-refractivity contribution < 1.29 is 23.5 Å². The number of likely N-dealkylation sites (tertiary alicyclic amines) is 1. The van der Waals surface area contributed by atoms with E-state index in [0.717, 1.165) is 74.8 Å². The fourth-order valence-electron chi connectivity index (χ4n) is 7.88. The predicted octanol–water partition coefficient (Wildman–Crippen LogP) is 4.19. The molecule has 0 aromatic carbocycles. The second-order valence-electron chi connectivity index (χ2n) is 13.5. The third kappa shape index (κ3) is 4.92. The molecule has 12 nitrogen and oxygen atoms in total. The maximum Gasteiger partial charge on any atom is 0.265 e. The molecule has 2 N–H and O–H groups in total. The maximum absolute atomic E-state index is 10.1. The molecule has 2 fully saturated rings. The van der Waals surface area contributed by atoms with Crippen molar-refractivity contribution in [1.82, 2.24) is 24.9 Å². The second-order valence-corrected chi connectivity index (χ2v) is 14.6. The summed E-state index contributed by atoms with van der Waals surface area (Å²) in [4.78, 5) is 15.5. The van der Waals surface area contributed by atoms with Gasteiger partial charge < -0.3 is 29.2 Å². The molecule has 2 aliphatic carbocycles. The summed E-state index contributed by atoms with van der Waals surface area (Å²) in [6.07, 6.45) is 7.37. The van der Waals surface area contributed by atoms with Gasteiger partial charge in [0.05, 0.1) is 31.3 Å². The van der Waals surface area contributed by atoms with Crippen LogP contribution in [0.4, 0.5) is 5.00 Å². The van der Waals surface area contributed by atoms with Crippen LogP contribution >= 0.6 is 11.3 Å². The summed E-state index contributed by atoms with van der Waals surface area (Å²) in [6.45, 7) is 4.58. The molecule has 7 rings (SSSR count). The van der Waals surface area contributed by atoms with E-state index in [0.29, 0.717) is 59.4 Å². The number of fused-ring (bicyclic) bond motifs is 4. The summed E-state index contributed by atoms with van der Waals surface area (Å²) in [6, 6.07) is 2.65. The number of nitrogen functional groups attached to an aromatic ring is 1. The Morgan fingerprint density at radius 1 is 1.17 bits per heavy atom. The van der Waals surface area contributed by atoms with Crippen molar-refractivity contribution in [2.75, 3.05) is 60.4 Å². The average molecular weight is 650 g/mol. The van der Waals surface area contributed by atoms with Crippen molar-refractivity contribution in [2.24, 2.45) is 0 Å². The number of anilines is 1. The average Bonchev–Trinajstić information content (AvgIpc) is 3.73. The molecule has 0 saturated carbocycles. The van der Waals surface area contributed by atoms with Gasteiger partial charge in [0, 0.05) is 16.5 Å². The van der Waals surface area contributed by atoms with Crippen molar-refractivity contribution in [3.8, 4) is 35.1 Å². The number of likely N-dealkylation sites (N-methyl/N-ethyl adjacent to an activating group) is 2. The molecular formula is C33H43N7O5S. The zero-order valence-corrected chi connectivity index (χ0v) is 28.2. The van der Waals surface area contributed by atoms with Crippen LogP contribution in [0.15, 0.2) is 4.52 Å². The van der Waals surface area contributed by atoms with Crippen LogP contribution < -0.4 is 19.9 Å². The number of aromatic nitrogens is 3. The number of hydrogen-bond donors (Lipinski definition) is 1. The first-order valence-corrected chi connectivity index (χ1v) is 17.0. The van der Waals surface area contributed by atoms with Gasteiger partial charge >= 0.3 is 0 Å². The zero-order valence-electron chi connectivity index (χ0n) is 27.4. The van der Waals surface area contributed by atoms with Gasteiger partial charge in [-0.3, -0.25) is 9.80 Å². The molecule has 46 heavy (non-hydrogen) atoms. The van der Waals surface area contributed by atoms with Gasteiger partial charge in [-0.2, -0.15) is 15.2 Å². The number of aryl methyl sites for hydroxylation is 1. The number of nitriles is 1. The highest BCUT2D eigenvalue weighted by atomic mass is 32.1. The van der Waals surface area contributed by atoms with E-state index in [9.17, 15) is 5.26 Å². The zero-order chi connectivity index (χ0) is 32.2. The van der Waals surface area contributed by atoms with Crippen LogP contribution in [0.25, 0.3) is 11.5 Å².